The van der Waals surface area contributed by atoms with Crippen LogP contribution in [0.2, 0.25) is 5.02 Å². The van der Waals surface area contributed by atoms with E-state index in [1.165, 1.54) is 0 Å². The minimum atomic E-state index is -0.292. The second-order valence-electron chi connectivity index (χ2n) is 3.67. The maximum absolute atomic E-state index is 9.84. The first-order valence-corrected chi connectivity index (χ1v) is 5.47. The van der Waals surface area contributed by atoms with E-state index in [0.29, 0.717) is 0 Å². The lowest BCUT2D eigenvalue weighted by atomic mass is 9.93. The number of benzene rings is 1. The highest BCUT2D eigenvalue weighted by atomic mass is 35.5. The van der Waals surface area contributed by atoms with E-state index in [1.54, 1.807) is 0 Å². The van der Waals surface area contributed by atoms with Crippen LogP contribution in [-0.4, -0.2) is 11.2 Å². The van der Waals surface area contributed by atoms with E-state index in [0.717, 1.165) is 23.4 Å². The van der Waals surface area contributed by atoms with Crippen LogP contribution >= 0.6 is 11.6 Å². The summed E-state index contributed by atoms with van der Waals surface area (Å²) in [6.07, 6.45) is 1.53. The van der Waals surface area contributed by atoms with E-state index < -0.39 is 0 Å². The number of hydrogen-bond acceptors (Lipinski definition) is 1. The SMILES string of the molecule is CCCC(O)C(C)c1ccccc1Cl. The van der Waals surface area contributed by atoms with Gasteiger partial charge in [0.05, 0.1) is 6.10 Å². The van der Waals surface area contributed by atoms with Crippen molar-refractivity contribution in [3.8, 4) is 0 Å². The predicted octanol–water partition coefficient (Wildman–Crippen LogP) is 3.60. The monoisotopic (exact) mass is 212 g/mol. The van der Waals surface area contributed by atoms with Gasteiger partial charge in [0.2, 0.25) is 0 Å². The van der Waals surface area contributed by atoms with Gasteiger partial charge in [0.25, 0.3) is 0 Å². The van der Waals surface area contributed by atoms with Crippen LogP contribution in [0.4, 0.5) is 0 Å². The number of halogens is 1. The zero-order chi connectivity index (χ0) is 10.6. The van der Waals surface area contributed by atoms with E-state index in [1.807, 2.05) is 31.2 Å². The lowest BCUT2D eigenvalue weighted by Crippen LogP contribution is -2.15. The minimum absolute atomic E-state index is 0.114. The Morgan fingerprint density at radius 2 is 2.00 bits per heavy atom. The van der Waals surface area contributed by atoms with Crippen LogP contribution in [0.25, 0.3) is 0 Å². The quantitative estimate of drug-likeness (QED) is 0.809. The number of aliphatic hydroxyl groups excluding tert-OH is 1. The van der Waals surface area contributed by atoms with E-state index in [-0.39, 0.29) is 12.0 Å². The van der Waals surface area contributed by atoms with Crippen LogP contribution in [-0.2, 0) is 0 Å². The first-order chi connectivity index (χ1) is 6.66. The molecule has 0 aliphatic carbocycles. The summed E-state index contributed by atoms with van der Waals surface area (Å²) >= 11 is 6.05. The summed E-state index contributed by atoms with van der Waals surface area (Å²) in [7, 11) is 0. The van der Waals surface area contributed by atoms with Gasteiger partial charge in [-0.15, -0.1) is 0 Å². The van der Waals surface area contributed by atoms with Gasteiger partial charge >= 0.3 is 0 Å². The molecule has 0 aliphatic rings. The molecule has 1 aromatic rings. The van der Waals surface area contributed by atoms with Gasteiger partial charge in [0, 0.05) is 10.9 Å². The molecule has 2 heteroatoms. The molecule has 2 unspecified atom stereocenters. The van der Waals surface area contributed by atoms with Crippen molar-refractivity contribution in [2.45, 2.75) is 38.7 Å². The van der Waals surface area contributed by atoms with Gasteiger partial charge in [-0.25, -0.2) is 0 Å². The molecule has 0 bridgehead atoms. The van der Waals surface area contributed by atoms with Gasteiger partial charge in [-0.3, -0.25) is 0 Å². The molecule has 1 aromatic carbocycles. The van der Waals surface area contributed by atoms with Crippen molar-refractivity contribution in [3.63, 3.8) is 0 Å². The first-order valence-electron chi connectivity index (χ1n) is 5.09. The molecule has 0 fully saturated rings. The van der Waals surface area contributed by atoms with Gasteiger partial charge in [0.15, 0.2) is 0 Å². The van der Waals surface area contributed by atoms with E-state index >= 15 is 0 Å². The molecule has 0 saturated carbocycles. The Bertz CT molecular complexity index is 285. The Morgan fingerprint density at radius 3 is 2.57 bits per heavy atom. The second kappa shape index (κ2) is 5.38. The lowest BCUT2D eigenvalue weighted by molar-refractivity contribution is 0.139. The molecule has 0 radical (unpaired) electrons. The van der Waals surface area contributed by atoms with E-state index in [2.05, 4.69) is 6.92 Å². The summed E-state index contributed by atoms with van der Waals surface area (Å²) in [4.78, 5) is 0. The fourth-order valence-electron chi connectivity index (χ4n) is 1.60. The van der Waals surface area contributed by atoms with Crippen LogP contribution in [0.3, 0.4) is 0 Å². The van der Waals surface area contributed by atoms with Crippen molar-refractivity contribution in [1.29, 1.82) is 0 Å². The van der Waals surface area contributed by atoms with Gasteiger partial charge in [0.1, 0.15) is 0 Å². The smallest absolute Gasteiger partial charge is 0.0606 e. The van der Waals surface area contributed by atoms with E-state index in [4.69, 9.17) is 11.6 Å². The minimum Gasteiger partial charge on any atom is -0.393 e. The Labute approximate surface area is 90.7 Å². The molecule has 78 valence electrons. The highest BCUT2D eigenvalue weighted by Gasteiger charge is 2.17. The van der Waals surface area contributed by atoms with Crippen molar-refractivity contribution in [2.24, 2.45) is 0 Å². The third-order valence-corrected chi connectivity index (χ3v) is 2.90. The largest absolute Gasteiger partial charge is 0.393 e. The Morgan fingerprint density at radius 1 is 1.36 bits per heavy atom. The standard InChI is InChI=1S/C12H17ClO/c1-3-6-12(14)9(2)10-7-4-5-8-11(10)13/h4-5,7-9,12,14H,3,6H2,1-2H3. The molecule has 1 rings (SSSR count). The highest BCUT2D eigenvalue weighted by molar-refractivity contribution is 6.31. The predicted molar refractivity (Wildman–Crippen MR) is 60.8 cm³/mol. The third kappa shape index (κ3) is 2.73. The fraction of sp³-hybridized carbons (Fsp3) is 0.500. The summed E-state index contributed by atoms with van der Waals surface area (Å²) in [5, 5.41) is 10.6. The maximum Gasteiger partial charge on any atom is 0.0606 e. The van der Waals surface area contributed by atoms with Crippen LogP contribution in [0.5, 0.6) is 0 Å². The van der Waals surface area contributed by atoms with Gasteiger partial charge in [-0.2, -0.15) is 0 Å². The third-order valence-electron chi connectivity index (χ3n) is 2.56. The average Bonchev–Trinajstić information content (AvgIpc) is 2.18. The molecular formula is C12H17ClO. The summed E-state index contributed by atoms with van der Waals surface area (Å²) in [6, 6.07) is 7.71. The van der Waals surface area contributed by atoms with Crippen molar-refractivity contribution >= 4 is 11.6 Å². The zero-order valence-corrected chi connectivity index (χ0v) is 9.46. The molecule has 1 nitrogen and oxygen atoms in total. The molecule has 0 spiro atoms. The topological polar surface area (TPSA) is 20.2 Å². The van der Waals surface area contributed by atoms with Crippen molar-refractivity contribution < 1.29 is 5.11 Å². The van der Waals surface area contributed by atoms with E-state index in [9.17, 15) is 5.11 Å². The molecule has 1 N–H and O–H groups in total. The summed E-state index contributed by atoms with van der Waals surface area (Å²) in [5.74, 6) is 0.114. The summed E-state index contributed by atoms with van der Waals surface area (Å²) in [5.41, 5.74) is 1.04. The van der Waals surface area contributed by atoms with Gasteiger partial charge in [-0.05, 0) is 18.1 Å². The maximum atomic E-state index is 9.84. The molecular weight excluding hydrogens is 196 g/mol. The number of hydrogen-bond donors (Lipinski definition) is 1. The Kier molecular flexibility index (Phi) is 4.43. The number of rotatable bonds is 4. The molecule has 0 heterocycles. The molecule has 0 amide bonds. The van der Waals surface area contributed by atoms with Crippen LogP contribution in [0, 0.1) is 0 Å². The highest BCUT2D eigenvalue weighted by Crippen LogP contribution is 2.28. The van der Waals surface area contributed by atoms with Crippen LogP contribution in [0.15, 0.2) is 24.3 Å². The lowest BCUT2D eigenvalue weighted by Gasteiger charge is -2.19. The van der Waals surface area contributed by atoms with Gasteiger partial charge < -0.3 is 5.11 Å². The molecule has 14 heavy (non-hydrogen) atoms. The van der Waals surface area contributed by atoms with Crippen molar-refractivity contribution in [3.05, 3.63) is 34.9 Å². The Balaban J connectivity index is 2.78. The zero-order valence-electron chi connectivity index (χ0n) is 8.70. The van der Waals surface area contributed by atoms with Crippen molar-refractivity contribution in [2.75, 3.05) is 0 Å². The normalized spacial score (nSPS) is 15.1. The molecule has 0 saturated heterocycles. The van der Waals surface area contributed by atoms with Crippen molar-refractivity contribution in [1.82, 2.24) is 0 Å². The molecule has 2 atom stereocenters. The number of aliphatic hydroxyl groups is 1. The fourth-order valence-corrected chi connectivity index (χ4v) is 1.91. The first kappa shape index (κ1) is 11.5. The van der Waals surface area contributed by atoms with Crippen LogP contribution < -0.4 is 0 Å². The van der Waals surface area contributed by atoms with Crippen LogP contribution in [0.1, 0.15) is 38.2 Å². The Hall–Kier alpha value is -0.530. The molecule has 0 aromatic heterocycles. The second-order valence-corrected chi connectivity index (χ2v) is 4.07. The summed E-state index contributed by atoms with van der Waals surface area (Å²) in [6.45, 7) is 4.09. The average molecular weight is 213 g/mol. The summed E-state index contributed by atoms with van der Waals surface area (Å²) < 4.78 is 0. The molecule has 0 aliphatic heterocycles. The van der Waals surface area contributed by atoms with Gasteiger partial charge in [-0.1, -0.05) is 50.1 Å².